The summed E-state index contributed by atoms with van der Waals surface area (Å²) in [6, 6.07) is 18.6. The Morgan fingerprint density at radius 3 is 2.60 bits per heavy atom. The summed E-state index contributed by atoms with van der Waals surface area (Å²) in [6.45, 7) is 3.26. The predicted octanol–water partition coefficient (Wildman–Crippen LogP) is 2.89. The van der Waals surface area contributed by atoms with Crippen molar-refractivity contribution in [3.63, 3.8) is 0 Å². The lowest BCUT2D eigenvalue weighted by molar-refractivity contribution is 0.165. The van der Waals surface area contributed by atoms with Gasteiger partial charge in [-0.1, -0.05) is 48.5 Å². The third-order valence-corrected chi connectivity index (χ3v) is 7.32. The first kappa shape index (κ1) is 21.2. The van der Waals surface area contributed by atoms with E-state index in [2.05, 4.69) is 35.2 Å². The number of para-hydroxylation sites is 1. The summed E-state index contributed by atoms with van der Waals surface area (Å²) in [7, 11) is -1.67. The number of hydrogen-bond acceptors (Lipinski definition) is 5. The molecule has 2 heterocycles. The Kier molecular flexibility index (Phi) is 6.34. The van der Waals surface area contributed by atoms with Crippen LogP contribution in [0.2, 0.25) is 0 Å². The molecule has 0 radical (unpaired) electrons. The van der Waals surface area contributed by atoms with Gasteiger partial charge in [-0.25, -0.2) is 8.42 Å². The van der Waals surface area contributed by atoms with Crippen molar-refractivity contribution in [1.29, 1.82) is 0 Å². The number of ether oxygens (including phenoxy) is 1. The van der Waals surface area contributed by atoms with Crippen LogP contribution in [0.4, 0.5) is 5.69 Å². The minimum absolute atomic E-state index is 0.0103. The van der Waals surface area contributed by atoms with Crippen LogP contribution < -0.4 is 0 Å². The molecule has 0 aromatic heterocycles. The maximum atomic E-state index is 12.3. The van der Waals surface area contributed by atoms with Crippen molar-refractivity contribution in [3.8, 4) is 0 Å². The van der Waals surface area contributed by atoms with Gasteiger partial charge in [-0.3, -0.25) is 4.99 Å². The number of hydrogen-bond donors (Lipinski definition) is 0. The second kappa shape index (κ2) is 8.98. The molecule has 0 N–H and O–H groups in total. The highest BCUT2D eigenvalue weighted by Gasteiger charge is 2.36. The number of sulfonamides is 1. The molecular weight excluding hydrogens is 398 g/mol. The molecule has 7 heteroatoms. The molecular formula is C23H29N3O3S. The van der Waals surface area contributed by atoms with Gasteiger partial charge in [-0.15, -0.1) is 0 Å². The molecule has 30 heavy (non-hydrogen) atoms. The lowest BCUT2D eigenvalue weighted by atomic mass is 9.91. The molecule has 2 unspecified atom stereocenters. The van der Waals surface area contributed by atoms with Crippen LogP contribution in [0.5, 0.6) is 0 Å². The Labute approximate surface area is 179 Å². The van der Waals surface area contributed by atoms with Crippen LogP contribution in [-0.4, -0.2) is 75.5 Å². The van der Waals surface area contributed by atoms with Crippen molar-refractivity contribution >= 4 is 21.4 Å². The minimum Gasteiger partial charge on any atom is -0.383 e. The normalized spacial score (nSPS) is 21.8. The number of rotatable bonds is 8. The van der Waals surface area contributed by atoms with Crippen molar-refractivity contribution in [2.75, 3.05) is 46.2 Å². The zero-order valence-corrected chi connectivity index (χ0v) is 18.4. The van der Waals surface area contributed by atoms with Crippen molar-refractivity contribution in [2.45, 2.75) is 18.4 Å². The Morgan fingerprint density at radius 2 is 1.87 bits per heavy atom. The summed E-state index contributed by atoms with van der Waals surface area (Å²) >= 11 is 0. The topological polar surface area (TPSA) is 62.2 Å². The summed E-state index contributed by atoms with van der Waals surface area (Å²) in [5, 5.41) is 0. The van der Waals surface area contributed by atoms with E-state index in [1.165, 1.54) is 11.8 Å². The van der Waals surface area contributed by atoms with Gasteiger partial charge in [0.05, 0.1) is 24.3 Å². The van der Waals surface area contributed by atoms with Gasteiger partial charge < -0.3 is 9.64 Å². The fourth-order valence-corrected chi connectivity index (χ4v) is 5.69. The average Bonchev–Trinajstić information content (AvgIpc) is 3.33. The molecule has 6 nitrogen and oxygen atoms in total. The largest absolute Gasteiger partial charge is 0.383 e. The third-order valence-electron chi connectivity index (χ3n) is 5.99. The van der Waals surface area contributed by atoms with E-state index in [0.29, 0.717) is 13.2 Å². The molecule has 0 aliphatic carbocycles. The van der Waals surface area contributed by atoms with E-state index in [9.17, 15) is 8.42 Å². The second-order valence-corrected chi connectivity index (χ2v) is 9.98. The average molecular weight is 428 g/mol. The van der Waals surface area contributed by atoms with Gasteiger partial charge >= 0.3 is 0 Å². The lowest BCUT2D eigenvalue weighted by Gasteiger charge is -2.27. The number of methoxy groups -OCH3 is 1. The zero-order valence-electron chi connectivity index (χ0n) is 17.6. The molecule has 2 aromatic carbocycles. The van der Waals surface area contributed by atoms with Crippen molar-refractivity contribution < 1.29 is 13.2 Å². The number of benzene rings is 2. The highest BCUT2D eigenvalue weighted by molar-refractivity contribution is 7.88. The van der Waals surface area contributed by atoms with E-state index in [1.54, 1.807) is 11.4 Å². The zero-order chi connectivity index (χ0) is 21.1. The summed E-state index contributed by atoms with van der Waals surface area (Å²) in [5.74, 6) is 0.188. The maximum Gasteiger partial charge on any atom is 0.211 e. The number of aliphatic imine (C=N–C) groups is 1. The number of likely N-dealkylation sites (tertiary alicyclic amines) is 1. The molecule has 2 aliphatic rings. The van der Waals surface area contributed by atoms with Gasteiger partial charge in [0.2, 0.25) is 10.0 Å². The Balaban J connectivity index is 1.52. The van der Waals surface area contributed by atoms with E-state index < -0.39 is 10.0 Å². The molecule has 2 aromatic rings. The molecule has 4 rings (SSSR count). The summed E-state index contributed by atoms with van der Waals surface area (Å²) < 4.78 is 31.3. The van der Waals surface area contributed by atoms with E-state index in [4.69, 9.17) is 9.73 Å². The second-order valence-electron chi connectivity index (χ2n) is 8.04. The van der Waals surface area contributed by atoms with Crippen LogP contribution in [-0.2, 0) is 14.8 Å². The van der Waals surface area contributed by atoms with Gasteiger partial charge in [-0.2, -0.15) is 4.31 Å². The highest BCUT2D eigenvalue weighted by Crippen LogP contribution is 2.38. The molecule has 1 saturated heterocycles. The van der Waals surface area contributed by atoms with E-state index in [0.717, 1.165) is 43.0 Å². The van der Waals surface area contributed by atoms with Crippen LogP contribution >= 0.6 is 0 Å². The summed E-state index contributed by atoms with van der Waals surface area (Å²) in [5.41, 5.74) is 4.53. The molecule has 0 bridgehead atoms. The first-order valence-corrected chi connectivity index (χ1v) is 12.2. The standard InChI is InChI=1S/C23H29N3O3S/c1-29-15-14-26(30(2,27)28)19-12-13-25(16-19)17-21-20-10-6-7-11-22(20)24-23(21)18-8-4-3-5-9-18/h3-11,19,21H,12-17H2,1-2H3. The Hall–Kier alpha value is -2.06. The quantitative estimate of drug-likeness (QED) is 0.650. The fourth-order valence-electron chi connectivity index (χ4n) is 4.57. The van der Waals surface area contributed by atoms with Gasteiger partial charge in [0, 0.05) is 38.7 Å². The van der Waals surface area contributed by atoms with E-state index in [-0.39, 0.29) is 12.0 Å². The van der Waals surface area contributed by atoms with Gasteiger partial charge in [0.25, 0.3) is 0 Å². The van der Waals surface area contributed by atoms with Gasteiger partial charge in [-0.05, 0) is 30.2 Å². The summed E-state index contributed by atoms with van der Waals surface area (Å²) in [4.78, 5) is 7.32. The van der Waals surface area contributed by atoms with Crippen molar-refractivity contribution in [2.24, 2.45) is 4.99 Å². The fraction of sp³-hybridized carbons (Fsp3) is 0.435. The molecule has 160 valence electrons. The molecule has 1 fully saturated rings. The Bertz CT molecular complexity index is 1010. The Morgan fingerprint density at radius 1 is 1.13 bits per heavy atom. The van der Waals surface area contributed by atoms with Gasteiger partial charge in [0.15, 0.2) is 0 Å². The van der Waals surface area contributed by atoms with Crippen molar-refractivity contribution in [3.05, 3.63) is 65.7 Å². The van der Waals surface area contributed by atoms with Crippen molar-refractivity contribution in [1.82, 2.24) is 9.21 Å². The van der Waals surface area contributed by atoms with Crippen LogP contribution in [0.15, 0.2) is 59.6 Å². The third kappa shape index (κ3) is 4.49. The summed E-state index contributed by atoms with van der Waals surface area (Å²) in [6.07, 6.45) is 2.13. The SMILES string of the molecule is COCCN(C1CCN(CC2C(c3ccccc3)=Nc3ccccc32)C1)S(C)(=O)=O. The molecule has 2 aliphatic heterocycles. The van der Waals surface area contributed by atoms with Crippen LogP contribution in [0.1, 0.15) is 23.5 Å². The molecule has 2 atom stereocenters. The van der Waals surface area contributed by atoms with Gasteiger partial charge in [0.1, 0.15) is 0 Å². The van der Waals surface area contributed by atoms with Crippen LogP contribution in [0.25, 0.3) is 0 Å². The molecule has 0 saturated carbocycles. The first-order valence-electron chi connectivity index (χ1n) is 10.4. The highest BCUT2D eigenvalue weighted by atomic mass is 32.2. The monoisotopic (exact) mass is 427 g/mol. The lowest BCUT2D eigenvalue weighted by Crippen LogP contribution is -2.43. The predicted molar refractivity (Wildman–Crippen MR) is 120 cm³/mol. The van der Waals surface area contributed by atoms with Crippen LogP contribution in [0, 0.1) is 0 Å². The smallest absolute Gasteiger partial charge is 0.211 e. The van der Waals surface area contributed by atoms with E-state index >= 15 is 0 Å². The van der Waals surface area contributed by atoms with E-state index in [1.807, 2.05) is 24.3 Å². The van der Waals surface area contributed by atoms with Crippen LogP contribution in [0.3, 0.4) is 0 Å². The number of nitrogens with zero attached hydrogens (tertiary/aromatic N) is 3. The molecule has 0 spiro atoms. The number of fused-ring (bicyclic) bond motifs is 1. The first-order chi connectivity index (χ1) is 14.5. The molecule has 0 amide bonds. The minimum atomic E-state index is -3.27. The maximum absolute atomic E-state index is 12.3.